The van der Waals surface area contributed by atoms with Crippen molar-refractivity contribution in [2.75, 3.05) is 4.90 Å². The number of allylic oxidation sites excluding steroid dienone is 3. The zero-order chi connectivity index (χ0) is 25.1. The van der Waals surface area contributed by atoms with Gasteiger partial charge in [0.05, 0.1) is 17.5 Å². The summed E-state index contributed by atoms with van der Waals surface area (Å²) in [5.41, 5.74) is 7.98. The van der Waals surface area contributed by atoms with E-state index in [-0.39, 0.29) is 29.4 Å². The highest BCUT2D eigenvalue weighted by molar-refractivity contribution is 6.23. The van der Waals surface area contributed by atoms with E-state index in [2.05, 4.69) is 74.5 Å². The molecule has 1 heterocycles. The average molecular weight is 474 g/mol. The fraction of sp³-hybridized carbons (Fsp3) is 0.219. The first kappa shape index (κ1) is 22.4. The molecule has 1 saturated heterocycles. The van der Waals surface area contributed by atoms with Crippen LogP contribution in [0.4, 0.5) is 5.69 Å². The van der Waals surface area contributed by atoms with Crippen LogP contribution in [0, 0.1) is 37.5 Å². The van der Waals surface area contributed by atoms with Crippen molar-refractivity contribution in [3.8, 4) is 0 Å². The number of hydrogen-bond acceptors (Lipinski definition) is 3. The summed E-state index contributed by atoms with van der Waals surface area (Å²) in [6, 6.07) is 23.7. The van der Waals surface area contributed by atoms with Crippen LogP contribution in [0.1, 0.15) is 39.5 Å². The summed E-state index contributed by atoms with van der Waals surface area (Å²) in [4.78, 5) is 40.4. The zero-order valence-corrected chi connectivity index (χ0v) is 20.6. The quantitative estimate of drug-likeness (QED) is 0.268. The third-order valence-corrected chi connectivity index (χ3v) is 7.92. The van der Waals surface area contributed by atoms with Crippen LogP contribution in [0.3, 0.4) is 0 Å². The second-order valence-corrected chi connectivity index (χ2v) is 10.2. The molecule has 0 spiro atoms. The third kappa shape index (κ3) is 3.32. The van der Waals surface area contributed by atoms with Crippen molar-refractivity contribution < 1.29 is 14.4 Å². The van der Waals surface area contributed by atoms with Crippen molar-refractivity contribution in [3.05, 3.63) is 118 Å². The van der Waals surface area contributed by atoms with Crippen molar-refractivity contribution in [1.29, 1.82) is 0 Å². The molecule has 2 amide bonds. The number of carbonyl (C=O) groups is 3. The van der Waals surface area contributed by atoms with E-state index >= 15 is 0 Å². The van der Waals surface area contributed by atoms with Gasteiger partial charge in [-0.15, -0.1) is 0 Å². The number of rotatable bonds is 4. The van der Waals surface area contributed by atoms with Crippen molar-refractivity contribution in [3.63, 3.8) is 0 Å². The number of nitrogens with zero attached hydrogens (tertiary/aromatic N) is 1. The van der Waals surface area contributed by atoms with Gasteiger partial charge in [-0.3, -0.25) is 14.4 Å². The Morgan fingerprint density at radius 3 is 1.47 bits per heavy atom. The number of carbonyl (C=O) groups excluding carboxylic acids is 3. The topological polar surface area (TPSA) is 54.5 Å². The molecule has 3 aromatic carbocycles. The largest absolute Gasteiger partial charge is 0.295 e. The average Bonchev–Trinajstić information content (AvgIpc) is 3.51. The van der Waals surface area contributed by atoms with Gasteiger partial charge >= 0.3 is 0 Å². The number of ketones is 1. The summed E-state index contributed by atoms with van der Waals surface area (Å²) in [7, 11) is 0. The first-order chi connectivity index (χ1) is 17.3. The van der Waals surface area contributed by atoms with Crippen LogP contribution >= 0.6 is 0 Å². The Labute approximate surface area is 211 Å². The molecule has 36 heavy (non-hydrogen) atoms. The number of hydrogen-bond donors (Lipinski definition) is 0. The first-order valence-electron chi connectivity index (χ1n) is 12.4. The fourth-order valence-corrected chi connectivity index (χ4v) is 6.14. The number of imide groups is 1. The Balaban J connectivity index is 1.45. The molecule has 0 radical (unpaired) electrons. The molecule has 4 heteroatoms. The van der Waals surface area contributed by atoms with Crippen molar-refractivity contribution in [2.45, 2.75) is 20.8 Å². The lowest BCUT2D eigenvalue weighted by molar-refractivity contribution is -0.122. The predicted molar refractivity (Wildman–Crippen MR) is 140 cm³/mol. The normalized spacial score (nSPS) is 24.0. The van der Waals surface area contributed by atoms with Crippen LogP contribution in [0.2, 0.25) is 0 Å². The second-order valence-electron chi connectivity index (χ2n) is 10.2. The van der Waals surface area contributed by atoms with Crippen LogP contribution in [0.5, 0.6) is 0 Å². The van der Waals surface area contributed by atoms with Gasteiger partial charge in [-0.2, -0.15) is 0 Å². The van der Waals surface area contributed by atoms with E-state index in [1.807, 2.05) is 0 Å². The SMILES string of the molecule is CC(=O)c1ccc(N2C(=O)[C@@H]3[C@H](C2=O)[C@H]2C=C[C@H]3C2=C(c2ccc(C)cc2)c2ccc(C)cc2)cc1. The van der Waals surface area contributed by atoms with E-state index in [1.165, 1.54) is 28.5 Å². The molecule has 0 aromatic heterocycles. The molecule has 0 N–H and O–H groups in total. The van der Waals surface area contributed by atoms with Crippen molar-refractivity contribution in [2.24, 2.45) is 23.7 Å². The molecule has 3 aliphatic rings. The van der Waals surface area contributed by atoms with E-state index in [0.717, 1.165) is 16.7 Å². The second kappa shape index (κ2) is 8.27. The Kier molecular flexibility index (Phi) is 5.15. The lowest BCUT2D eigenvalue weighted by atomic mass is 9.85. The van der Waals surface area contributed by atoms with Crippen LogP contribution in [-0.4, -0.2) is 17.6 Å². The summed E-state index contributed by atoms with van der Waals surface area (Å²) in [5.74, 6) is -1.38. The number of fused-ring (bicyclic) bond motifs is 5. The number of amides is 2. The minimum Gasteiger partial charge on any atom is -0.295 e. The molecule has 6 rings (SSSR count). The molecule has 178 valence electrons. The van der Waals surface area contributed by atoms with Gasteiger partial charge in [0, 0.05) is 17.4 Å². The van der Waals surface area contributed by atoms with Gasteiger partial charge in [0.25, 0.3) is 0 Å². The fourth-order valence-electron chi connectivity index (χ4n) is 6.14. The molecule has 1 saturated carbocycles. The van der Waals surface area contributed by atoms with E-state index < -0.39 is 11.8 Å². The van der Waals surface area contributed by atoms with Gasteiger partial charge in [0.2, 0.25) is 11.8 Å². The molecule has 2 aliphatic carbocycles. The lowest BCUT2D eigenvalue weighted by Gasteiger charge is -2.22. The molecule has 2 fully saturated rings. The summed E-state index contributed by atoms with van der Waals surface area (Å²) in [6.07, 6.45) is 4.24. The lowest BCUT2D eigenvalue weighted by Crippen LogP contribution is -2.33. The summed E-state index contributed by atoms with van der Waals surface area (Å²) in [5, 5.41) is 0. The van der Waals surface area contributed by atoms with Crippen molar-refractivity contribution in [1.82, 2.24) is 0 Å². The van der Waals surface area contributed by atoms with Crippen LogP contribution < -0.4 is 4.90 Å². The highest BCUT2D eigenvalue weighted by atomic mass is 16.2. The maximum absolute atomic E-state index is 13.7. The number of aryl methyl sites for hydroxylation is 2. The van der Waals surface area contributed by atoms with E-state index in [1.54, 1.807) is 24.3 Å². The minimum atomic E-state index is -0.402. The third-order valence-electron chi connectivity index (χ3n) is 7.92. The molecular weight excluding hydrogens is 446 g/mol. The van der Waals surface area contributed by atoms with E-state index in [4.69, 9.17) is 0 Å². The van der Waals surface area contributed by atoms with Crippen LogP contribution in [0.25, 0.3) is 5.57 Å². The van der Waals surface area contributed by atoms with E-state index in [9.17, 15) is 14.4 Å². The maximum Gasteiger partial charge on any atom is 0.238 e. The zero-order valence-electron chi connectivity index (χ0n) is 20.6. The summed E-state index contributed by atoms with van der Waals surface area (Å²) in [6.45, 7) is 5.65. The molecule has 2 bridgehead atoms. The smallest absolute Gasteiger partial charge is 0.238 e. The molecular formula is C32H27NO3. The van der Waals surface area contributed by atoms with E-state index in [0.29, 0.717) is 11.3 Å². The Hall–Kier alpha value is -4.05. The maximum atomic E-state index is 13.7. The van der Waals surface area contributed by atoms with Gasteiger partial charge in [0.15, 0.2) is 5.78 Å². The van der Waals surface area contributed by atoms with Gasteiger partial charge in [-0.25, -0.2) is 4.90 Å². The first-order valence-corrected chi connectivity index (χ1v) is 12.4. The molecule has 1 aliphatic heterocycles. The van der Waals surface area contributed by atoms with Crippen molar-refractivity contribution >= 4 is 28.9 Å². The predicted octanol–water partition coefficient (Wildman–Crippen LogP) is 5.93. The number of benzene rings is 3. The minimum absolute atomic E-state index is 0.0470. The monoisotopic (exact) mass is 473 g/mol. The standard InChI is InChI=1S/C32H27NO3/c1-18-4-8-22(9-5-18)27(23-10-6-19(2)7-11-23)28-25-16-17-26(28)30-29(25)31(35)33(32(30)36)24-14-12-21(13-15-24)20(3)34/h4-17,25-26,29-30H,1-3H3/t25-,26-,29-,30+/m0/s1. The molecule has 4 atom stereocenters. The molecule has 0 unspecified atom stereocenters. The molecule has 3 aromatic rings. The van der Waals surface area contributed by atoms with Crippen LogP contribution in [-0.2, 0) is 9.59 Å². The van der Waals surface area contributed by atoms with Gasteiger partial charge in [0.1, 0.15) is 0 Å². The Morgan fingerprint density at radius 1 is 0.639 bits per heavy atom. The molecule has 4 nitrogen and oxygen atoms in total. The van der Waals surface area contributed by atoms with Crippen LogP contribution in [0.15, 0.2) is 90.5 Å². The summed E-state index contributed by atoms with van der Waals surface area (Å²) >= 11 is 0. The Bertz CT molecular complexity index is 1380. The number of Topliss-reactive ketones (excluding diaryl/α,β-unsaturated/α-hetero) is 1. The highest BCUT2D eigenvalue weighted by Gasteiger charge is 2.62. The van der Waals surface area contributed by atoms with Gasteiger partial charge in [-0.1, -0.05) is 71.8 Å². The Morgan fingerprint density at radius 2 is 1.06 bits per heavy atom. The van der Waals surface area contributed by atoms with Gasteiger partial charge < -0.3 is 0 Å². The summed E-state index contributed by atoms with van der Waals surface area (Å²) < 4.78 is 0. The highest BCUT2D eigenvalue weighted by Crippen LogP contribution is 2.58. The van der Waals surface area contributed by atoms with Gasteiger partial charge in [-0.05, 0) is 67.3 Å². The number of anilines is 1.